The Hall–Kier alpha value is -3.35. The van der Waals surface area contributed by atoms with Gasteiger partial charge in [-0.05, 0) is 53.4 Å². The summed E-state index contributed by atoms with van der Waals surface area (Å²) in [4.78, 5) is 36.3. The first-order valence-electron chi connectivity index (χ1n) is 11.1. The molecule has 166 valence electrons. The van der Waals surface area contributed by atoms with Gasteiger partial charge in [0.15, 0.2) is 0 Å². The lowest BCUT2D eigenvalue weighted by atomic mass is 9.98. The van der Waals surface area contributed by atoms with Crippen LogP contribution >= 0.6 is 0 Å². The summed E-state index contributed by atoms with van der Waals surface area (Å²) in [5.41, 5.74) is 4.75. The first kappa shape index (κ1) is 20.5. The second-order valence-corrected chi connectivity index (χ2v) is 9.08. The molecule has 0 heterocycles. The molecule has 3 N–H and O–H groups in total. The summed E-state index contributed by atoms with van der Waals surface area (Å²) in [5, 5.41) is 14.6. The maximum Gasteiger partial charge on any atom is 0.407 e. The summed E-state index contributed by atoms with van der Waals surface area (Å²) in [6.45, 7) is 0.138. The Kier molecular flexibility index (Phi) is 5.12. The number of carboxylic acids is 1. The van der Waals surface area contributed by atoms with Gasteiger partial charge in [-0.25, -0.2) is 4.79 Å². The monoisotopic (exact) mass is 434 g/mol. The van der Waals surface area contributed by atoms with Crippen molar-refractivity contribution in [3.05, 3.63) is 59.7 Å². The van der Waals surface area contributed by atoms with E-state index in [0.29, 0.717) is 0 Å². The van der Waals surface area contributed by atoms with Crippen LogP contribution in [-0.2, 0) is 14.3 Å². The number of amides is 2. The van der Waals surface area contributed by atoms with Crippen molar-refractivity contribution in [2.75, 3.05) is 6.61 Å². The number of ether oxygens (including phenoxy) is 1. The molecule has 5 rings (SSSR count). The van der Waals surface area contributed by atoms with Crippen molar-refractivity contribution < 1.29 is 24.2 Å². The molecule has 1 spiro atoms. The number of aliphatic carboxylic acids is 1. The van der Waals surface area contributed by atoms with E-state index in [1.807, 2.05) is 36.4 Å². The van der Waals surface area contributed by atoms with Crippen molar-refractivity contribution in [3.8, 4) is 11.1 Å². The normalized spacial score (nSPS) is 20.1. The van der Waals surface area contributed by atoms with Crippen LogP contribution in [0.1, 0.15) is 49.1 Å². The van der Waals surface area contributed by atoms with Gasteiger partial charge in [0, 0.05) is 18.4 Å². The molecule has 32 heavy (non-hydrogen) atoms. The van der Waals surface area contributed by atoms with Gasteiger partial charge in [-0.3, -0.25) is 9.59 Å². The van der Waals surface area contributed by atoms with Crippen LogP contribution in [0.4, 0.5) is 4.79 Å². The number of carbonyl (C=O) groups excluding carboxylic acids is 2. The molecular formula is C25H26N2O5. The highest BCUT2D eigenvalue weighted by Crippen LogP contribution is 2.65. The second-order valence-electron chi connectivity index (χ2n) is 9.08. The van der Waals surface area contributed by atoms with Gasteiger partial charge >= 0.3 is 12.1 Å². The number of nitrogens with one attached hydrogen (secondary N) is 2. The lowest BCUT2D eigenvalue weighted by Crippen LogP contribution is -2.48. The highest BCUT2D eigenvalue weighted by atomic mass is 16.5. The van der Waals surface area contributed by atoms with E-state index in [9.17, 15) is 14.4 Å². The average molecular weight is 434 g/mol. The summed E-state index contributed by atoms with van der Waals surface area (Å²) < 4.78 is 5.52. The van der Waals surface area contributed by atoms with Crippen molar-refractivity contribution >= 4 is 18.0 Å². The van der Waals surface area contributed by atoms with Gasteiger partial charge in [-0.15, -0.1) is 0 Å². The molecule has 2 aromatic rings. The highest BCUT2D eigenvalue weighted by Gasteiger charge is 2.63. The molecule has 0 aliphatic heterocycles. The first-order valence-corrected chi connectivity index (χ1v) is 11.1. The minimum absolute atomic E-state index is 0.0189. The van der Waals surface area contributed by atoms with Crippen molar-refractivity contribution in [3.63, 3.8) is 0 Å². The van der Waals surface area contributed by atoms with E-state index in [-0.39, 0.29) is 42.7 Å². The van der Waals surface area contributed by atoms with Crippen LogP contribution in [0.2, 0.25) is 0 Å². The van der Waals surface area contributed by atoms with Gasteiger partial charge in [0.05, 0.1) is 0 Å². The lowest BCUT2D eigenvalue weighted by molar-refractivity contribution is -0.137. The molecule has 7 nitrogen and oxygen atoms in total. The molecule has 3 aliphatic carbocycles. The van der Waals surface area contributed by atoms with Crippen LogP contribution in [0.5, 0.6) is 0 Å². The van der Waals surface area contributed by atoms with Gasteiger partial charge < -0.3 is 20.5 Å². The zero-order chi connectivity index (χ0) is 22.3. The third kappa shape index (κ3) is 3.95. The molecule has 2 amide bonds. The van der Waals surface area contributed by atoms with Crippen molar-refractivity contribution in [2.45, 2.75) is 50.1 Å². The molecular weight excluding hydrogens is 408 g/mol. The molecule has 2 atom stereocenters. The van der Waals surface area contributed by atoms with Gasteiger partial charge in [0.2, 0.25) is 5.91 Å². The quantitative estimate of drug-likeness (QED) is 0.590. The molecule has 2 unspecified atom stereocenters. The van der Waals surface area contributed by atoms with Gasteiger partial charge in [0.1, 0.15) is 12.6 Å². The number of hydrogen-bond acceptors (Lipinski definition) is 4. The fourth-order valence-corrected chi connectivity index (χ4v) is 4.86. The second kappa shape index (κ2) is 7.97. The summed E-state index contributed by atoms with van der Waals surface area (Å²) in [6, 6.07) is 15.3. The van der Waals surface area contributed by atoms with Crippen LogP contribution in [-0.4, -0.2) is 41.8 Å². The van der Waals surface area contributed by atoms with E-state index in [0.717, 1.165) is 41.5 Å². The molecule has 3 aliphatic rings. The molecule has 0 radical (unpaired) electrons. The number of rotatable bonds is 8. The Bertz CT molecular complexity index is 1030. The Labute approximate surface area is 186 Å². The molecule has 2 fully saturated rings. The third-order valence-electron chi connectivity index (χ3n) is 7.00. The number of carbonyl (C=O) groups is 3. The molecule has 2 saturated carbocycles. The smallest absolute Gasteiger partial charge is 0.407 e. The fourth-order valence-electron chi connectivity index (χ4n) is 4.86. The van der Waals surface area contributed by atoms with E-state index in [1.165, 1.54) is 0 Å². The van der Waals surface area contributed by atoms with Crippen molar-refractivity contribution in [1.29, 1.82) is 0 Å². The van der Waals surface area contributed by atoms with E-state index in [1.54, 1.807) is 0 Å². The number of hydrogen-bond donors (Lipinski definition) is 3. The minimum atomic E-state index is -1.01. The number of fused-ring (bicyclic) bond motifs is 3. The number of alkyl carbamates (subject to hydrolysis) is 1. The van der Waals surface area contributed by atoms with Crippen LogP contribution in [0.15, 0.2) is 48.5 Å². The lowest BCUT2D eigenvalue weighted by Gasteiger charge is -2.19. The van der Waals surface area contributed by atoms with Crippen LogP contribution < -0.4 is 10.6 Å². The zero-order valence-electron chi connectivity index (χ0n) is 17.7. The molecule has 0 saturated heterocycles. The topological polar surface area (TPSA) is 105 Å². The van der Waals surface area contributed by atoms with E-state index in [4.69, 9.17) is 9.84 Å². The predicted molar refractivity (Wildman–Crippen MR) is 117 cm³/mol. The largest absolute Gasteiger partial charge is 0.481 e. The number of benzene rings is 2. The minimum Gasteiger partial charge on any atom is -0.481 e. The SMILES string of the molecule is O=C(O)CCC(NC(=O)OCC1c2ccccc2-c2ccccc21)C(=O)NC1CC12CC2. The summed E-state index contributed by atoms with van der Waals surface area (Å²) in [5.74, 6) is -1.43. The fraction of sp³-hybridized carbons (Fsp3) is 0.400. The standard InChI is InChI=1S/C25H26N2O5/c28-22(29)10-9-20(23(30)27-21-13-25(21)11-12-25)26-24(31)32-14-19-17-7-3-1-5-15(17)16-6-2-4-8-18(16)19/h1-8,19-21H,9-14H2,(H,26,31)(H,27,30)(H,28,29). The van der Waals surface area contributed by atoms with E-state index >= 15 is 0 Å². The maximum absolute atomic E-state index is 12.7. The number of carboxylic acid groups (broad SMARTS) is 1. The Morgan fingerprint density at radius 1 is 1.03 bits per heavy atom. The third-order valence-corrected chi connectivity index (χ3v) is 7.00. The first-order chi connectivity index (χ1) is 15.5. The summed E-state index contributed by atoms with van der Waals surface area (Å²) in [7, 11) is 0. The van der Waals surface area contributed by atoms with Crippen LogP contribution in [0.25, 0.3) is 11.1 Å². The summed E-state index contributed by atoms with van der Waals surface area (Å²) >= 11 is 0. The van der Waals surface area contributed by atoms with Gasteiger partial charge in [0.25, 0.3) is 0 Å². The van der Waals surface area contributed by atoms with Crippen LogP contribution in [0, 0.1) is 5.41 Å². The highest BCUT2D eigenvalue weighted by molar-refractivity contribution is 5.87. The molecule has 0 bridgehead atoms. The average Bonchev–Trinajstić information content (AvgIpc) is 3.68. The predicted octanol–water partition coefficient (Wildman–Crippen LogP) is 3.43. The van der Waals surface area contributed by atoms with E-state index < -0.39 is 18.1 Å². The molecule has 2 aromatic carbocycles. The Balaban J connectivity index is 1.22. The Morgan fingerprint density at radius 3 is 2.22 bits per heavy atom. The summed E-state index contributed by atoms with van der Waals surface area (Å²) in [6.07, 6.45) is 2.31. The van der Waals surface area contributed by atoms with Crippen LogP contribution in [0.3, 0.4) is 0 Å². The van der Waals surface area contributed by atoms with Crippen molar-refractivity contribution in [1.82, 2.24) is 10.6 Å². The Morgan fingerprint density at radius 2 is 1.66 bits per heavy atom. The molecule has 7 heteroatoms. The van der Waals surface area contributed by atoms with Gasteiger partial charge in [-0.2, -0.15) is 0 Å². The maximum atomic E-state index is 12.7. The van der Waals surface area contributed by atoms with Crippen molar-refractivity contribution in [2.24, 2.45) is 5.41 Å². The molecule has 0 aromatic heterocycles. The van der Waals surface area contributed by atoms with E-state index in [2.05, 4.69) is 22.8 Å². The van der Waals surface area contributed by atoms with Gasteiger partial charge in [-0.1, -0.05) is 48.5 Å². The zero-order valence-corrected chi connectivity index (χ0v) is 17.7.